The summed E-state index contributed by atoms with van der Waals surface area (Å²) in [6, 6.07) is 0. The van der Waals surface area contributed by atoms with Gasteiger partial charge in [-0.25, -0.2) is 4.79 Å². The molecule has 1 rings (SSSR count). The van der Waals surface area contributed by atoms with Gasteiger partial charge < -0.3 is 14.0 Å². The molecule has 0 N–H and O–H groups in total. The van der Waals surface area contributed by atoms with Crippen LogP contribution in [0.1, 0.15) is 22.9 Å². The topological polar surface area (TPSA) is 74.5 Å². The normalized spacial score (nSPS) is 10.1. The van der Waals surface area contributed by atoms with Crippen LogP contribution in [0.3, 0.4) is 0 Å². The van der Waals surface area contributed by atoms with Gasteiger partial charge in [-0.15, -0.1) is 0 Å². The fourth-order valence-electron chi connectivity index (χ4n) is 0.900. The van der Waals surface area contributed by atoms with Gasteiger partial charge in [0, 0.05) is 20.1 Å². The molecule has 0 spiro atoms. The maximum absolute atomic E-state index is 10.9. The Morgan fingerprint density at radius 1 is 1.50 bits per heavy atom. The second kappa shape index (κ2) is 5.33. The molecule has 78 valence electrons. The number of aromatic nitrogens is 2. The van der Waals surface area contributed by atoms with Gasteiger partial charge in [-0.1, -0.05) is 5.16 Å². The largest absolute Gasteiger partial charge is 0.462 e. The highest BCUT2D eigenvalue weighted by molar-refractivity contribution is 5.83. The lowest BCUT2D eigenvalue weighted by atomic mass is 10.3. The molecule has 0 aliphatic rings. The predicted octanol–water partition coefficient (Wildman–Crippen LogP) is 0.435. The highest BCUT2D eigenvalue weighted by Gasteiger charge is 2.14. The molecule has 0 aromatic carbocycles. The maximum Gasteiger partial charge on any atom is 0.397 e. The molecule has 0 amide bonds. The standard InChI is InChI=1S/C8H12N2O4/c1-12-5-3-4-6-9-7(14-10-6)8(11)13-2/h3-5H2,1-2H3. The van der Waals surface area contributed by atoms with E-state index < -0.39 is 5.97 Å². The molecule has 1 heterocycles. The van der Waals surface area contributed by atoms with E-state index in [1.165, 1.54) is 7.11 Å². The molecule has 1 aromatic heterocycles. The van der Waals surface area contributed by atoms with Crippen LogP contribution in [0.5, 0.6) is 0 Å². The van der Waals surface area contributed by atoms with Gasteiger partial charge in [0.2, 0.25) is 0 Å². The minimum absolute atomic E-state index is 0.111. The zero-order chi connectivity index (χ0) is 10.4. The Balaban J connectivity index is 2.46. The molecule has 0 saturated heterocycles. The smallest absolute Gasteiger partial charge is 0.397 e. The van der Waals surface area contributed by atoms with Crippen LogP contribution in [0.25, 0.3) is 0 Å². The van der Waals surface area contributed by atoms with Crippen molar-refractivity contribution in [3.63, 3.8) is 0 Å². The van der Waals surface area contributed by atoms with Crippen molar-refractivity contribution in [2.24, 2.45) is 0 Å². The van der Waals surface area contributed by atoms with Gasteiger partial charge in [0.05, 0.1) is 7.11 Å². The fourth-order valence-corrected chi connectivity index (χ4v) is 0.900. The first-order chi connectivity index (χ1) is 6.77. The fraction of sp³-hybridized carbons (Fsp3) is 0.625. The second-order valence-corrected chi connectivity index (χ2v) is 2.60. The van der Waals surface area contributed by atoms with E-state index in [0.29, 0.717) is 18.9 Å². The van der Waals surface area contributed by atoms with E-state index in [0.717, 1.165) is 6.42 Å². The lowest BCUT2D eigenvalue weighted by Crippen LogP contribution is -2.01. The van der Waals surface area contributed by atoms with E-state index in [2.05, 4.69) is 19.4 Å². The van der Waals surface area contributed by atoms with Crippen LogP contribution in [-0.4, -0.2) is 36.9 Å². The predicted molar refractivity (Wildman–Crippen MR) is 45.8 cm³/mol. The van der Waals surface area contributed by atoms with Gasteiger partial charge in [-0.05, 0) is 6.42 Å². The number of carbonyl (C=O) groups is 1. The van der Waals surface area contributed by atoms with Crippen LogP contribution < -0.4 is 0 Å². The molecule has 14 heavy (non-hydrogen) atoms. The first-order valence-corrected chi connectivity index (χ1v) is 4.17. The van der Waals surface area contributed by atoms with E-state index in [1.54, 1.807) is 7.11 Å². The molecular formula is C8H12N2O4. The summed E-state index contributed by atoms with van der Waals surface area (Å²) in [4.78, 5) is 14.8. The van der Waals surface area contributed by atoms with Crippen LogP contribution in [0.4, 0.5) is 0 Å². The number of hydrogen-bond donors (Lipinski definition) is 0. The average Bonchev–Trinajstić information content (AvgIpc) is 2.66. The molecule has 0 bridgehead atoms. The maximum atomic E-state index is 10.9. The van der Waals surface area contributed by atoms with E-state index in [1.807, 2.05) is 0 Å². The van der Waals surface area contributed by atoms with Crippen LogP contribution in [0.2, 0.25) is 0 Å². The highest BCUT2D eigenvalue weighted by atomic mass is 16.6. The van der Waals surface area contributed by atoms with Gasteiger partial charge in [0.15, 0.2) is 5.82 Å². The lowest BCUT2D eigenvalue weighted by Gasteiger charge is -1.93. The first kappa shape index (κ1) is 10.6. The average molecular weight is 200 g/mol. The summed E-state index contributed by atoms with van der Waals surface area (Å²) in [5.74, 6) is -0.238. The number of nitrogens with zero attached hydrogens (tertiary/aromatic N) is 2. The van der Waals surface area contributed by atoms with E-state index in [-0.39, 0.29) is 5.89 Å². The number of ether oxygens (including phenoxy) is 2. The van der Waals surface area contributed by atoms with E-state index in [9.17, 15) is 4.79 Å². The molecule has 0 aliphatic carbocycles. The van der Waals surface area contributed by atoms with Crippen molar-refractivity contribution in [2.75, 3.05) is 20.8 Å². The molecule has 0 aliphatic heterocycles. The number of aryl methyl sites for hydroxylation is 1. The number of rotatable bonds is 5. The molecule has 0 radical (unpaired) electrons. The minimum atomic E-state index is -0.615. The number of esters is 1. The van der Waals surface area contributed by atoms with Crippen molar-refractivity contribution in [1.82, 2.24) is 10.1 Å². The highest BCUT2D eigenvalue weighted by Crippen LogP contribution is 2.01. The Labute approximate surface area is 81.2 Å². The zero-order valence-corrected chi connectivity index (χ0v) is 8.15. The SMILES string of the molecule is COCCCc1noc(C(=O)OC)n1. The minimum Gasteiger partial charge on any atom is -0.462 e. The van der Waals surface area contributed by atoms with Crippen LogP contribution in [0.15, 0.2) is 4.52 Å². The molecule has 0 saturated carbocycles. The van der Waals surface area contributed by atoms with Crippen LogP contribution >= 0.6 is 0 Å². The first-order valence-electron chi connectivity index (χ1n) is 4.17. The van der Waals surface area contributed by atoms with Crippen molar-refractivity contribution in [3.05, 3.63) is 11.7 Å². The Bertz CT molecular complexity index is 297. The molecule has 0 atom stereocenters. The monoisotopic (exact) mass is 200 g/mol. The Hall–Kier alpha value is -1.43. The van der Waals surface area contributed by atoms with Crippen molar-refractivity contribution in [1.29, 1.82) is 0 Å². The number of carbonyl (C=O) groups excluding carboxylic acids is 1. The van der Waals surface area contributed by atoms with Gasteiger partial charge >= 0.3 is 11.9 Å². The van der Waals surface area contributed by atoms with Crippen molar-refractivity contribution in [2.45, 2.75) is 12.8 Å². The summed E-state index contributed by atoms with van der Waals surface area (Å²) < 4.78 is 13.9. The lowest BCUT2D eigenvalue weighted by molar-refractivity contribution is 0.0545. The van der Waals surface area contributed by atoms with Gasteiger partial charge in [0.25, 0.3) is 0 Å². The summed E-state index contributed by atoms with van der Waals surface area (Å²) >= 11 is 0. The molecule has 6 heteroatoms. The van der Waals surface area contributed by atoms with Crippen LogP contribution in [0, 0.1) is 0 Å². The van der Waals surface area contributed by atoms with E-state index >= 15 is 0 Å². The number of hydrogen-bond acceptors (Lipinski definition) is 6. The quantitative estimate of drug-likeness (QED) is 0.507. The third-order valence-electron chi connectivity index (χ3n) is 1.58. The van der Waals surface area contributed by atoms with Gasteiger partial charge in [-0.2, -0.15) is 4.98 Å². The third kappa shape index (κ3) is 2.81. The summed E-state index contributed by atoms with van der Waals surface area (Å²) in [7, 11) is 2.88. The van der Waals surface area contributed by atoms with Crippen molar-refractivity contribution < 1.29 is 18.8 Å². The van der Waals surface area contributed by atoms with Crippen LogP contribution in [-0.2, 0) is 15.9 Å². The van der Waals surface area contributed by atoms with Gasteiger partial charge in [-0.3, -0.25) is 0 Å². The Morgan fingerprint density at radius 3 is 2.93 bits per heavy atom. The van der Waals surface area contributed by atoms with Gasteiger partial charge in [0.1, 0.15) is 0 Å². The molecule has 0 fully saturated rings. The Morgan fingerprint density at radius 2 is 2.29 bits per heavy atom. The molecule has 6 nitrogen and oxygen atoms in total. The van der Waals surface area contributed by atoms with Crippen molar-refractivity contribution >= 4 is 5.97 Å². The summed E-state index contributed by atoms with van der Waals surface area (Å²) in [5.41, 5.74) is 0. The molecule has 0 unspecified atom stereocenters. The van der Waals surface area contributed by atoms with E-state index in [4.69, 9.17) is 4.74 Å². The second-order valence-electron chi connectivity index (χ2n) is 2.60. The zero-order valence-electron chi connectivity index (χ0n) is 8.15. The number of methoxy groups -OCH3 is 2. The summed E-state index contributed by atoms with van der Waals surface area (Å²) in [6.07, 6.45) is 1.41. The summed E-state index contributed by atoms with van der Waals surface area (Å²) in [5, 5.41) is 3.61. The molecule has 1 aromatic rings. The third-order valence-corrected chi connectivity index (χ3v) is 1.58. The molecular weight excluding hydrogens is 188 g/mol. The summed E-state index contributed by atoms with van der Waals surface area (Å²) in [6.45, 7) is 0.627. The van der Waals surface area contributed by atoms with Crippen molar-refractivity contribution in [3.8, 4) is 0 Å². The Kier molecular flexibility index (Phi) is 4.06.